The Morgan fingerprint density at radius 3 is 2.42 bits per heavy atom. The largest absolute Gasteiger partial charge is 0.495 e. The SMILES string of the molecule is COc1cc(C(C)C)ccc1S(=O)(=O)Nc1cccc(C(C)=O)c1. The summed E-state index contributed by atoms with van der Waals surface area (Å²) in [5.74, 6) is 0.419. The van der Waals surface area contributed by atoms with Crippen molar-refractivity contribution in [1.82, 2.24) is 0 Å². The summed E-state index contributed by atoms with van der Waals surface area (Å²) in [5.41, 5.74) is 1.76. The van der Waals surface area contributed by atoms with Crippen LogP contribution in [-0.4, -0.2) is 21.3 Å². The minimum absolute atomic E-state index is 0.0580. The Kier molecular flexibility index (Phi) is 5.29. The maximum atomic E-state index is 12.7. The summed E-state index contributed by atoms with van der Waals surface area (Å²) < 4.78 is 33.1. The number of methoxy groups -OCH3 is 1. The van der Waals surface area contributed by atoms with Gasteiger partial charge in [-0.25, -0.2) is 8.42 Å². The van der Waals surface area contributed by atoms with Crippen LogP contribution in [0.5, 0.6) is 5.75 Å². The van der Waals surface area contributed by atoms with Crippen LogP contribution in [0, 0.1) is 0 Å². The zero-order valence-corrected chi connectivity index (χ0v) is 15.0. The molecule has 128 valence electrons. The Balaban J connectivity index is 2.40. The highest BCUT2D eigenvalue weighted by Gasteiger charge is 2.20. The molecule has 2 rings (SSSR count). The van der Waals surface area contributed by atoms with E-state index in [4.69, 9.17) is 4.74 Å². The standard InChI is InChI=1S/C18H21NO4S/c1-12(2)14-8-9-18(17(11-14)23-4)24(21,22)19-16-7-5-6-15(10-16)13(3)20/h5-12,19H,1-4H3. The third kappa shape index (κ3) is 3.94. The van der Waals surface area contributed by atoms with Crippen molar-refractivity contribution < 1.29 is 17.9 Å². The molecule has 0 atom stereocenters. The number of Topliss-reactive ketones (excluding diaryl/α,β-unsaturated/α-hetero) is 1. The summed E-state index contributed by atoms with van der Waals surface area (Å²) in [6, 6.07) is 11.4. The Labute approximate surface area is 142 Å². The van der Waals surface area contributed by atoms with Gasteiger partial charge < -0.3 is 4.74 Å². The smallest absolute Gasteiger partial charge is 0.265 e. The lowest BCUT2D eigenvalue weighted by Gasteiger charge is -2.14. The van der Waals surface area contributed by atoms with Crippen molar-refractivity contribution in [3.05, 3.63) is 53.6 Å². The molecular weight excluding hydrogens is 326 g/mol. The lowest BCUT2D eigenvalue weighted by molar-refractivity contribution is 0.101. The number of hydrogen-bond donors (Lipinski definition) is 1. The van der Waals surface area contributed by atoms with Crippen LogP contribution in [-0.2, 0) is 10.0 Å². The first kappa shape index (κ1) is 18.0. The van der Waals surface area contributed by atoms with Gasteiger partial charge in [0.2, 0.25) is 0 Å². The number of rotatable bonds is 6. The number of benzene rings is 2. The zero-order chi connectivity index (χ0) is 17.9. The van der Waals surface area contributed by atoms with Crippen LogP contribution in [0.1, 0.15) is 42.6 Å². The number of carbonyl (C=O) groups excluding carboxylic acids is 1. The highest BCUT2D eigenvalue weighted by atomic mass is 32.2. The van der Waals surface area contributed by atoms with Gasteiger partial charge in [0.1, 0.15) is 10.6 Å². The van der Waals surface area contributed by atoms with Crippen LogP contribution >= 0.6 is 0 Å². The minimum atomic E-state index is -3.83. The lowest BCUT2D eigenvalue weighted by atomic mass is 10.0. The molecule has 0 spiro atoms. The first-order valence-corrected chi connectivity index (χ1v) is 9.04. The predicted octanol–water partition coefficient (Wildman–Crippen LogP) is 3.82. The summed E-state index contributed by atoms with van der Waals surface area (Å²) in [5, 5.41) is 0. The fraction of sp³-hybridized carbons (Fsp3) is 0.278. The fourth-order valence-corrected chi connectivity index (χ4v) is 3.48. The van der Waals surface area contributed by atoms with E-state index in [1.807, 2.05) is 13.8 Å². The maximum Gasteiger partial charge on any atom is 0.265 e. The van der Waals surface area contributed by atoms with E-state index in [2.05, 4.69) is 4.72 Å². The molecule has 0 bridgehead atoms. The van der Waals surface area contributed by atoms with E-state index in [1.54, 1.807) is 30.3 Å². The summed E-state index contributed by atoms with van der Waals surface area (Å²) in [7, 11) is -2.39. The fourth-order valence-electron chi connectivity index (χ4n) is 2.28. The van der Waals surface area contributed by atoms with E-state index < -0.39 is 10.0 Å². The number of carbonyl (C=O) groups is 1. The molecule has 1 N–H and O–H groups in total. The van der Waals surface area contributed by atoms with Gasteiger partial charge in [0.15, 0.2) is 5.78 Å². The number of nitrogens with one attached hydrogen (secondary N) is 1. The molecule has 0 aliphatic rings. The summed E-state index contributed by atoms with van der Waals surface area (Å²) in [4.78, 5) is 11.5. The topological polar surface area (TPSA) is 72.5 Å². The van der Waals surface area contributed by atoms with Gasteiger partial charge in [-0.05, 0) is 42.7 Å². The van der Waals surface area contributed by atoms with Crippen LogP contribution in [0.2, 0.25) is 0 Å². The van der Waals surface area contributed by atoms with Gasteiger partial charge in [0.25, 0.3) is 10.0 Å². The number of ether oxygens (including phenoxy) is 1. The quantitative estimate of drug-likeness (QED) is 0.806. The monoisotopic (exact) mass is 347 g/mol. The molecule has 5 nitrogen and oxygen atoms in total. The van der Waals surface area contributed by atoms with Crippen LogP contribution in [0.15, 0.2) is 47.4 Å². The molecule has 0 aromatic heterocycles. The van der Waals surface area contributed by atoms with Crippen molar-refractivity contribution in [2.24, 2.45) is 0 Å². The van der Waals surface area contributed by atoms with Crippen molar-refractivity contribution in [2.45, 2.75) is 31.6 Å². The average molecular weight is 347 g/mol. The van der Waals surface area contributed by atoms with E-state index in [0.717, 1.165) is 5.56 Å². The summed E-state index contributed by atoms with van der Waals surface area (Å²) >= 11 is 0. The number of ketones is 1. The molecule has 0 saturated carbocycles. The van der Waals surface area contributed by atoms with Gasteiger partial charge in [-0.3, -0.25) is 9.52 Å². The number of sulfonamides is 1. The molecule has 6 heteroatoms. The number of anilines is 1. The Morgan fingerprint density at radius 1 is 1.12 bits per heavy atom. The van der Waals surface area contributed by atoms with E-state index in [-0.39, 0.29) is 22.3 Å². The molecule has 0 amide bonds. The molecule has 0 radical (unpaired) electrons. The highest BCUT2D eigenvalue weighted by Crippen LogP contribution is 2.29. The third-order valence-corrected chi connectivity index (χ3v) is 5.09. The minimum Gasteiger partial charge on any atom is -0.495 e. The van der Waals surface area contributed by atoms with Crippen LogP contribution in [0.4, 0.5) is 5.69 Å². The van der Waals surface area contributed by atoms with Crippen molar-refractivity contribution in [1.29, 1.82) is 0 Å². The second-order valence-electron chi connectivity index (χ2n) is 5.81. The second kappa shape index (κ2) is 7.05. The molecule has 0 aliphatic carbocycles. The number of hydrogen-bond acceptors (Lipinski definition) is 4. The van der Waals surface area contributed by atoms with Gasteiger partial charge in [0.05, 0.1) is 7.11 Å². The van der Waals surface area contributed by atoms with Crippen LogP contribution in [0.25, 0.3) is 0 Å². The summed E-state index contributed by atoms with van der Waals surface area (Å²) in [6.45, 7) is 5.48. The normalized spacial score (nSPS) is 11.4. The van der Waals surface area contributed by atoms with Crippen molar-refractivity contribution in [3.63, 3.8) is 0 Å². The van der Waals surface area contributed by atoms with E-state index in [1.165, 1.54) is 26.2 Å². The van der Waals surface area contributed by atoms with Gasteiger partial charge in [0, 0.05) is 11.3 Å². The Hall–Kier alpha value is -2.34. The molecular formula is C18H21NO4S. The van der Waals surface area contributed by atoms with E-state index in [0.29, 0.717) is 11.3 Å². The van der Waals surface area contributed by atoms with E-state index in [9.17, 15) is 13.2 Å². The maximum absolute atomic E-state index is 12.7. The molecule has 2 aromatic carbocycles. The zero-order valence-electron chi connectivity index (χ0n) is 14.2. The van der Waals surface area contributed by atoms with Crippen LogP contribution < -0.4 is 9.46 Å². The lowest BCUT2D eigenvalue weighted by Crippen LogP contribution is -2.14. The molecule has 0 aliphatic heterocycles. The second-order valence-corrected chi connectivity index (χ2v) is 7.46. The average Bonchev–Trinajstić information content (AvgIpc) is 2.53. The molecule has 0 saturated heterocycles. The van der Waals surface area contributed by atoms with Gasteiger partial charge in [-0.2, -0.15) is 0 Å². The van der Waals surface area contributed by atoms with Gasteiger partial charge >= 0.3 is 0 Å². The van der Waals surface area contributed by atoms with Gasteiger partial charge in [-0.1, -0.05) is 32.0 Å². The van der Waals surface area contributed by atoms with Crippen LogP contribution in [0.3, 0.4) is 0 Å². The Bertz CT molecular complexity index is 857. The first-order valence-electron chi connectivity index (χ1n) is 7.56. The molecule has 0 heterocycles. The molecule has 0 fully saturated rings. The molecule has 24 heavy (non-hydrogen) atoms. The van der Waals surface area contributed by atoms with E-state index >= 15 is 0 Å². The van der Waals surface area contributed by atoms with Crippen molar-refractivity contribution in [2.75, 3.05) is 11.8 Å². The van der Waals surface area contributed by atoms with Gasteiger partial charge in [-0.15, -0.1) is 0 Å². The van der Waals surface area contributed by atoms with Crippen molar-refractivity contribution in [3.8, 4) is 5.75 Å². The molecule has 0 unspecified atom stereocenters. The first-order chi connectivity index (χ1) is 11.2. The Morgan fingerprint density at radius 2 is 1.83 bits per heavy atom. The third-order valence-electron chi connectivity index (χ3n) is 3.67. The highest BCUT2D eigenvalue weighted by molar-refractivity contribution is 7.92. The predicted molar refractivity (Wildman–Crippen MR) is 94.3 cm³/mol. The summed E-state index contributed by atoms with van der Waals surface area (Å²) in [6.07, 6.45) is 0. The van der Waals surface area contributed by atoms with Crippen molar-refractivity contribution >= 4 is 21.5 Å². The molecule has 2 aromatic rings.